The Labute approximate surface area is 279 Å². The van der Waals surface area contributed by atoms with Crippen LogP contribution in [0.2, 0.25) is 0 Å². The molecule has 0 saturated carbocycles. The molecule has 235 valence electrons. The van der Waals surface area contributed by atoms with Gasteiger partial charge in [-0.1, -0.05) is 27.7 Å². The molecule has 1 N–H and O–H groups in total. The number of allylic oxidation sites excluding steroid dienone is 2. The van der Waals surface area contributed by atoms with Gasteiger partial charge in [0.2, 0.25) is 0 Å². The van der Waals surface area contributed by atoms with Crippen LogP contribution >= 0.6 is 0 Å². The van der Waals surface area contributed by atoms with Crippen molar-refractivity contribution in [2.75, 3.05) is 0 Å². The predicted molar refractivity (Wildman–Crippen MR) is 182 cm³/mol. The zero-order valence-corrected chi connectivity index (χ0v) is 31.9. The van der Waals surface area contributed by atoms with Gasteiger partial charge in [-0.3, -0.25) is 4.79 Å². The number of pyridine rings is 1. The molecule has 5 heteroatoms. The Hall–Kier alpha value is -2.03. The van der Waals surface area contributed by atoms with Gasteiger partial charge in [-0.15, -0.1) is 0 Å². The Kier molecular flexibility index (Phi) is 14.1. The number of aliphatic hydroxyl groups is 1. The number of carbonyl (C=O) groups is 1. The molecule has 0 unspecified atom stereocenters. The topological polar surface area (TPSA) is 50.2 Å². The summed E-state index contributed by atoms with van der Waals surface area (Å²) in [6.07, 6.45) is 8.02. The zero-order chi connectivity index (χ0) is 31.2. The SMILES string of the molecule is CCC(CC)C(=O)/C=C(\O)C(CC)CC.Cc1[c-]c(-c2nccc3cc4[se]c(CC(C)(C)C)c(C)c4cc23)cc(C)c1.[Ir]. The second-order valence-electron chi connectivity index (χ2n) is 12.9. The molecule has 0 amide bonds. The number of carbonyl (C=O) groups excluding carboxylic acids is 1. The van der Waals surface area contributed by atoms with Crippen LogP contribution in [0.25, 0.3) is 31.7 Å². The summed E-state index contributed by atoms with van der Waals surface area (Å²) >= 11 is 0.441. The van der Waals surface area contributed by atoms with Crippen molar-refractivity contribution in [3.05, 3.63) is 75.6 Å². The first-order valence-electron chi connectivity index (χ1n) is 15.6. The zero-order valence-electron chi connectivity index (χ0n) is 27.8. The van der Waals surface area contributed by atoms with Crippen LogP contribution in [0, 0.1) is 44.1 Å². The van der Waals surface area contributed by atoms with E-state index >= 15 is 0 Å². The molecular weight excluding hydrogens is 774 g/mol. The summed E-state index contributed by atoms with van der Waals surface area (Å²) in [5, 5.41) is 13.7. The van der Waals surface area contributed by atoms with Crippen molar-refractivity contribution in [3.63, 3.8) is 0 Å². The first-order valence-corrected chi connectivity index (χ1v) is 17.3. The van der Waals surface area contributed by atoms with Gasteiger partial charge >= 0.3 is 168 Å². The van der Waals surface area contributed by atoms with Gasteiger partial charge in [0, 0.05) is 38.0 Å². The fourth-order valence-electron chi connectivity index (χ4n) is 5.60. The Bertz CT molecular complexity index is 1530. The van der Waals surface area contributed by atoms with E-state index in [1.165, 1.54) is 44.0 Å². The van der Waals surface area contributed by atoms with E-state index in [4.69, 9.17) is 4.98 Å². The van der Waals surface area contributed by atoms with Crippen molar-refractivity contribution in [3.8, 4) is 11.3 Å². The average Bonchev–Trinajstić information content (AvgIpc) is 3.20. The van der Waals surface area contributed by atoms with Crippen molar-refractivity contribution in [1.82, 2.24) is 4.98 Å². The van der Waals surface area contributed by atoms with Gasteiger partial charge in [0.05, 0.1) is 5.76 Å². The van der Waals surface area contributed by atoms with Crippen LogP contribution in [0.5, 0.6) is 0 Å². The summed E-state index contributed by atoms with van der Waals surface area (Å²) in [6.45, 7) is 21.6. The van der Waals surface area contributed by atoms with Crippen LogP contribution in [0.1, 0.15) is 95.3 Å². The molecule has 0 atom stereocenters. The molecule has 1 radical (unpaired) electrons. The fraction of sp³-hybridized carbons (Fsp3) is 0.474. The first kappa shape index (κ1) is 37.2. The van der Waals surface area contributed by atoms with Crippen LogP contribution in [-0.4, -0.2) is 30.4 Å². The summed E-state index contributed by atoms with van der Waals surface area (Å²) in [7, 11) is 0. The minimum atomic E-state index is 0. The molecule has 43 heavy (non-hydrogen) atoms. The number of hydrogen-bond acceptors (Lipinski definition) is 3. The van der Waals surface area contributed by atoms with Crippen LogP contribution in [0.4, 0.5) is 0 Å². The van der Waals surface area contributed by atoms with Gasteiger partial charge in [0.15, 0.2) is 5.78 Å². The maximum Gasteiger partial charge on any atom is 0 e. The van der Waals surface area contributed by atoms with E-state index < -0.39 is 0 Å². The Morgan fingerprint density at radius 2 is 1.58 bits per heavy atom. The van der Waals surface area contributed by atoms with Crippen molar-refractivity contribution in [2.24, 2.45) is 17.3 Å². The number of rotatable bonds is 9. The molecule has 4 rings (SSSR count). The van der Waals surface area contributed by atoms with Gasteiger partial charge in [-0.05, 0) is 25.7 Å². The summed E-state index contributed by atoms with van der Waals surface area (Å²) < 4.78 is 3.17. The van der Waals surface area contributed by atoms with E-state index in [0.29, 0.717) is 19.9 Å². The van der Waals surface area contributed by atoms with Crippen LogP contribution in [0.3, 0.4) is 0 Å². The molecule has 0 spiro atoms. The number of hydrogen-bond donors (Lipinski definition) is 1. The number of aryl methyl sites for hydroxylation is 3. The summed E-state index contributed by atoms with van der Waals surface area (Å²) in [5.41, 5.74) is 6.39. The Morgan fingerprint density at radius 1 is 0.953 bits per heavy atom. The Balaban J connectivity index is 0.000000348. The van der Waals surface area contributed by atoms with E-state index in [9.17, 15) is 9.90 Å². The largest absolute Gasteiger partial charge is 0 e. The summed E-state index contributed by atoms with van der Waals surface area (Å²) in [4.78, 5) is 16.5. The van der Waals surface area contributed by atoms with Gasteiger partial charge in [0.1, 0.15) is 0 Å². The van der Waals surface area contributed by atoms with Gasteiger partial charge in [-0.2, -0.15) is 0 Å². The molecule has 2 aromatic heterocycles. The molecule has 2 heterocycles. The number of benzene rings is 2. The third-order valence-electron chi connectivity index (χ3n) is 8.10. The van der Waals surface area contributed by atoms with Gasteiger partial charge in [-0.25, -0.2) is 0 Å². The van der Waals surface area contributed by atoms with Gasteiger partial charge in [0.25, 0.3) is 0 Å². The molecule has 3 nitrogen and oxygen atoms in total. The summed E-state index contributed by atoms with van der Waals surface area (Å²) in [5.74, 6) is 0.547. The third-order valence-corrected chi connectivity index (χ3v) is 10.7. The van der Waals surface area contributed by atoms with Crippen molar-refractivity contribution in [1.29, 1.82) is 0 Å². The normalized spacial score (nSPS) is 12.0. The minimum absolute atomic E-state index is 0. The minimum Gasteiger partial charge on any atom is 0 e. The Morgan fingerprint density at radius 3 is 2.14 bits per heavy atom. The maximum atomic E-state index is 11.7. The monoisotopic (exact) mass is 825 g/mol. The molecule has 0 aliphatic heterocycles. The predicted octanol–water partition coefficient (Wildman–Crippen LogP) is 10.3. The standard InChI is InChI=1S/C25H26NSe.C13H24O2.Ir/c1-15-9-16(2)11-19(10-15)24-21-13-20-17(3)23(14-25(4,5)6)27-22(20)12-18(21)7-8-26-24;1-5-10(6-2)12(14)9-13(15)11(7-3)8-4;/h7-10,12-13H,14H2,1-6H3;9-11,14H,5-8H2,1-4H3;/q-1;;/b;12-9-;. The maximum absolute atomic E-state index is 11.7. The molecule has 0 aliphatic rings. The smallest absolute Gasteiger partial charge is 0 e. The molecule has 0 aliphatic carbocycles. The van der Waals surface area contributed by atoms with Crippen LogP contribution in [0.15, 0.2) is 48.4 Å². The number of nitrogens with zero attached hydrogens (tertiary/aromatic N) is 1. The molecule has 0 bridgehead atoms. The molecular formula is C38H50IrNO2Se-. The fourth-order valence-corrected chi connectivity index (χ4v) is 8.84. The number of fused-ring (bicyclic) bond motifs is 2. The average molecular weight is 824 g/mol. The molecule has 4 aromatic rings. The van der Waals surface area contributed by atoms with E-state index in [0.717, 1.165) is 42.5 Å². The van der Waals surface area contributed by atoms with Gasteiger partial charge < -0.3 is 5.11 Å². The number of aromatic nitrogens is 1. The third kappa shape index (κ3) is 9.73. The molecule has 2 aromatic carbocycles. The van der Waals surface area contributed by atoms with Crippen LogP contribution < -0.4 is 0 Å². The quantitative estimate of drug-likeness (QED) is 0.0792. The second kappa shape index (κ2) is 16.3. The van der Waals surface area contributed by atoms with Crippen molar-refractivity contribution < 1.29 is 30.0 Å². The number of ketones is 1. The summed E-state index contributed by atoms with van der Waals surface area (Å²) in [6, 6.07) is 14.8. The number of aliphatic hydroxyl groups excluding tert-OH is 1. The van der Waals surface area contributed by atoms with Crippen molar-refractivity contribution in [2.45, 2.75) is 101 Å². The van der Waals surface area contributed by atoms with Crippen molar-refractivity contribution >= 4 is 40.7 Å². The molecule has 0 saturated heterocycles. The van der Waals surface area contributed by atoms with E-state index in [1.807, 2.05) is 33.9 Å². The van der Waals surface area contributed by atoms with E-state index in [1.54, 1.807) is 4.44 Å². The van der Waals surface area contributed by atoms with E-state index in [-0.39, 0.29) is 43.5 Å². The first-order chi connectivity index (χ1) is 19.8. The van der Waals surface area contributed by atoms with Crippen LogP contribution in [-0.2, 0) is 31.3 Å². The molecule has 0 fully saturated rings. The second-order valence-corrected chi connectivity index (χ2v) is 15.3. The van der Waals surface area contributed by atoms with E-state index in [2.05, 4.69) is 77.9 Å².